The molecule has 0 saturated heterocycles. The number of para-hydroxylation sites is 1. The van der Waals surface area contributed by atoms with Crippen molar-refractivity contribution in [2.45, 2.75) is 116 Å². The van der Waals surface area contributed by atoms with Crippen LogP contribution in [0, 0.1) is 0 Å². The molecule has 0 amide bonds. The van der Waals surface area contributed by atoms with Gasteiger partial charge in [0.15, 0.2) is 0 Å². The van der Waals surface area contributed by atoms with Gasteiger partial charge in [-0.1, -0.05) is 45.4 Å². The van der Waals surface area contributed by atoms with Gasteiger partial charge in [0.05, 0.1) is 0 Å². The van der Waals surface area contributed by atoms with E-state index in [9.17, 15) is 0 Å². The van der Waals surface area contributed by atoms with Crippen LogP contribution in [-0.2, 0) is 0 Å². The molecule has 1 nitrogen and oxygen atoms in total. The van der Waals surface area contributed by atoms with Gasteiger partial charge in [-0.3, -0.25) is 0 Å². The summed E-state index contributed by atoms with van der Waals surface area (Å²) in [5, 5.41) is 0. The second kappa shape index (κ2) is 20.0. The molecule has 0 heterocycles. The standard InChI is InChI=1S/C25H43O.K/c1-3-5-6-7-8-9-10-11-12-13-14-15-16-18-21-24(4-2)26-25-22-19-17-20-23-25;/h17,19-20,22-24H,2-16,18,21H2,1H3;. The van der Waals surface area contributed by atoms with Crippen LogP contribution in [0.4, 0.5) is 0 Å². The zero-order valence-corrected chi connectivity index (χ0v) is 21.5. The van der Waals surface area contributed by atoms with Crippen molar-refractivity contribution in [3.63, 3.8) is 0 Å². The molecule has 0 saturated carbocycles. The van der Waals surface area contributed by atoms with Crippen LogP contribution in [0.2, 0.25) is 0.515 Å². The Morgan fingerprint density at radius 1 is 0.667 bits per heavy atom. The van der Waals surface area contributed by atoms with Gasteiger partial charge in [0.25, 0.3) is 0 Å². The van der Waals surface area contributed by atoms with Gasteiger partial charge < -0.3 is 0 Å². The first-order chi connectivity index (χ1) is 13.4. The molecule has 0 aromatic heterocycles. The van der Waals surface area contributed by atoms with Crippen molar-refractivity contribution >= 4 is 49.0 Å². The number of hydrogen-bond donors (Lipinski definition) is 0. The number of rotatable bonds is 19. The van der Waals surface area contributed by atoms with Crippen molar-refractivity contribution in [3.05, 3.63) is 30.3 Å². The van der Waals surface area contributed by atoms with Gasteiger partial charge in [0.2, 0.25) is 0 Å². The third-order valence-corrected chi connectivity index (χ3v) is 6.44. The van der Waals surface area contributed by atoms with Crippen LogP contribution < -0.4 is 4.74 Å². The third-order valence-electron chi connectivity index (χ3n) is 5.54. The first kappa shape index (κ1) is 25.7. The van der Waals surface area contributed by atoms with Crippen molar-refractivity contribution in [3.8, 4) is 5.75 Å². The van der Waals surface area contributed by atoms with Crippen molar-refractivity contribution in [2.24, 2.45) is 0 Å². The van der Waals surface area contributed by atoms with Crippen LogP contribution in [0.15, 0.2) is 30.3 Å². The summed E-state index contributed by atoms with van der Waals surface area (Å²) in [5.74, 6) is 1.05. The molecule has 1 atom stereocenters. The zero-order chi connectivity index (χ0) is 19.4. The van der Waals surface area contributed by atoms with Gasteiger partial charge in [-0.2, -0.15) is 0 Å². The average Bonchev–Trinajstić information content (AvgIpc) is 2.69. The fraction of sp³-hybridized carbons (Fsp3) is 0.760. The second-order valence-electron chi connectivity index (χ2n) is 8.23. The van der Waals surface area contributed by atoms with E-state index in [2.05, 4.69) is 37.3 Å². The van der Waals surface area contributed by atoms with Crippen LogP contribution in [0.5, 0.6) is 5.75 Å². The maximum atomic E-state index is 6.20. The Balaban J connectivity index is 1.90. The van der Waals surface area contributed by atoms with Gasteiger partial charge >= 0.3 is 161 Å². The minimum atomic E-state index is 0.445. The minimum absolute atomic E-state index is 0.445. The Hall–Kier alpha value is 0.656. The summed E-state index contributed by atoms with van der Waals surface area (Å²) in [5.41, 5.74) is 0. The fourth-order valence-corrected chi connectivity index (χ4v) is 4.85. The van der Waals surface area contributed by atoms with Crippen LogP contribution in [-0.4, -0.2) is 55.1 Å². The molecule has 0 N–H and O–H groups in total. The van der Waals surface area contributed by atoms with Gasteiger partial charge in [-0.15, -0.1) is 0 Å². The van der Waals surface area contributed by atoms with Gasteiger partial charge in [-0.25, -0.2) is 0 Å². The molecule has 0 spiro atoms. The van der Waals surface area contributed by atoms with E-state index in [1.54, 1.807) is 0 Å². The molecular formula is C25H43KO. The van der Waals surface area contributed by atoms with Gasteiger partial charge in [0.1, 0.15) is 0 Å². The molecule has 27 heavy (non-hydrogen) atoms. The van der Waals surface area contributed by atoms with Crippen molar-refractivity contribution in [2.75, 3.05) is 0 Å². The molecule has 1 rings (SSSR count). The fourth-order valence-electron chi connectivity index (χ4n) is 3.84. The van der Waals surface area contributed by atoms with Crippen molar-refractivity contribution < 1.29 is 4.74 Å². The Bertz CT molecular complexity index is 406. The molecule has 1 unspecified atom stereocenters. The molecule has 0 bridgehead atoms. The van der Waals surface area contributed by atoms with E-state index in [1.807, 2.05) is 0 Å². The summed E-state index contributed by atoms with van der Waals surface area (Å²) in [7, 11) is 0. The first-order valence-electron chi connectivity index (χ1n) is 12.1. The zero-order valence-electron chi connectivity index (χ0n) is 18.4. The maximum absolute atomic E-state index is 6.20. The van der Waals surface area contributed by atoms with Crippen LogP contribution in [0.25, 0.3) is 0 Å². The third kappa shape index (κ3) is 16.2. The molecule has 2 heteroatoms. The van der Waals surface area contributed by atoms with E-state index in [0.717, 1.165) is 54.7 Å². The molecule has 0 aliphatic carbocycles. The van der Waals surface area contributed by atoms with E-state index in [4.69, 9.17) is 4.74 Å². The molecule has 1 aromatic carbocycles. The second-order valence-corrected chi connectivity index (χ2v) is 9.79. The van der Waals surface area contributed by atoms with Crippen LogP contribution >= 0.6 is 0 Å². The molecule has 0 fully saturated rings. The number of ether oxygens (including phenoxy) is 1. The molecule has 1 aromatic rings. The number of benzene rings is 1. The normalized spacial score (nSPS) is 12.3. The topological polar surface area (TPSA) is 9.23 Å². The number of unbranched alkanes of at least 4 members (excludes halogenated alkanes) is 13. The Morgan fingerprint density at radius 3 is 1.63 bits per heavy atom. The summed E-state index contributed by atoms with van der Waals surface area (Å²) in [6, 6.07) is 10.4. The Morgan fingerprint density at radius 2 is 1.15 bits per heavy atom. The quantitative estimate of drug-likeness (QED) is 0.168. The summed E-state index contributed by atoms with van der Waals surface area (Å²) in [6.45, 7) is 2.30. The predicted molar refractivity (Wildman–Crippen MR) is 121 cm³/mol. The molecular weight excluding hydrogens is 355 g/mol. The van der Waals surface area contributed by atoms with Crippen molar-refractivity contribution in [1.29, 1.82) is 0 Å². The molecule has 0 aliphatic rings. The molecule has 0 aliphatic heterocycles. The van der Waals surface area contributed by atoms with E-state index in [1.165, 1.54) is 103 Å². The summed E-state index contributed by atoms with van der Waals surface area (Å²) < 4.78 is 7.59. The van der Waals surface area contributed by atoms with E-state index in [-0.39, 0.29) is 0 Å². The van der Waals surface area contributed by atoms with Crippen LogP contribution in [0.1, 0.15) is 110 Å². The van der Waals surface area contributed by atoms with Crippen molar-refractivity contribution in [1.82, 2.24) is 0 Å². The van der Waals surface area contributed by atoms with E-state index in [0.29, 0.717) is 6.10 Å². The summed E-state index contributed by atoms with van der Waals surface area (Å²) in [6.07, 6.45) is 23.0. The average molecular weight is 399 g/mol. The van der Waals surface area contributed by atoms with Gasteiger partial charge in [0, 0.05) is 0 Å². The predicted octanol–water partition coefficient (Wildman–Crippen LogP) is 8.28. The molecule has 150 valence electrons. The Labute approximate surface area is 204 Å². The SMILES string of the molecule is CCCCCCCCCCCCCCCCC(C[CH2][K])Oc1ccccc1. The summed E-state index contributed by atoms with van der Waals surface area (Å²) >= 11 is 0.945. The van der Waals surface area contributed by atoms with Crippen LogP contribution in [0.3, 0.4) is 0 Å². The van der Waals surface area contributed by atoms with Gasteiger partial charge in [-0.05, 0) is 0 Å². The molecule has 0 radical (unpaired) electrons. The van der Waals surface area contributed by atoms with E-state index >= 15 is 0 Å². The Kier molecular flexibility index (Phi) is 19.0. The monoisotopic (exact) mass is 398 g/mol. The first-order valence-corrected chi connectivity index (χ1v) is 14.3. The summed E-state index contributed by atoms with van der Waals surface area (Å²) in [4.78, 5) is 0. The number of hydrogen-bond acceptors (Lipinski definition) is 1. The van der Waals surface area contributed by atoms with E-state index < -0.39 is 0 Å².